The van der Waals surface area contributed by atoms with Crippen molar-refractivity contribution < 1.29 is 23.9 Å². The van der Waals surface area contributed by atoms with E-state index in [1.54, 1.807) is 13.8 Å². The highest BCUT2D eigenvalue weighted by atomic mass is 16.5. The number of ether oxygens (including phenoxy) is 1. The number of methoxy groups -OCH3 is 1. The molecule has 0 aromatic heterocycles. The van der Waals surface area contributed by atoms with Gasteiger partial charge in [0.2, 0.25) is 5.91 Å². The van der Waals surface area contributed by atoms with Crippen LogP contribution in [0, 0.1) is 17.2 Å². The zero-order valence-corrected chi connectivity index (χ0v) is 15.5. The molecule has 1 heterocycles. The van der Waals surface area contributed by atoms with E-state index in [0.29, 0.717) is 15.5 Å². The lowest BCUT2D eigenvalue weighted by molar-refractivity contribution is -0.140. The van der Waals surface area contributed by atoms with E-state index in [2.05, 4.69) is 5.32 Å². The largest absolute Gasteiger partial charge is 0.497 e. The second-order valence-electron chi connectivity index (χ2n) is 6.53. The van der Waals surface area contributed by atoms with E-state index in [1.165, 1.54) is 38.3 Å². The van der Waals surface area contributed by atoms with Gasteiger partial charge in [0.05, 0.1) is 18.9 Å². The van der Waals surface area contributed by atoms with Crippen LogP contribution in [0.4, 0.5) is 10.5 Å². The van der Waals surface area contributed by atoms with Crippen LogP contribution in [-0.4, -0.2) is 47.8 Å². The highest BCUT2D eigenvalue weighted by molar-refractivity contribution is 6.53. The second-order valence-corrected chi connectivity index (χ2v) is 6.53. The zero-order chi connectivity index (χ0) is 20.4. The molecule has 27 heavy (non-hydrogen) atoms. The van der Waals surface area contributed by atoms with Crippen LogP contribution in [0.5, 0.6) is 5.75 Å². The van der Waals surface area contributed by atoms with E-state index >= 15 is 0 Å². The Balaban J connectivity index is 2.18. The molecular formula is C18H20N4O5. The molecule has 1 aromatic carbocycles. The quantitative estimate of drug-likeness (QED) is 0.589. The lowest BCUT2D eigenvalue weighted by Crippen LogP contribution is -2.52. The standard InChI is InChI=1S/C18H20N4O5/c1-11(2)18(3,10-19)20-14(23)9-21-15(24)16(25)22(17(21)26)12-5-7-13(27-4)8-6-12/h5-8,11H,9H2,1-4H3,(H,20,23)/t18-/m0/s1. The topological polar surface area (TPSA) is 120 Å². The number of anilines is 1. The fourth-order valence-electron chi connectivity index (χ4n) is 2.38. The van der Waals surface area contributed by atoms with E-state index in [-0.39, 0.29) is 11.6 Å². The molecule has 0 bridgehead atoms. The molecule has 1 N–H and O–H groups in total. The minimum Gasteiger partial charge on any atom is -0.497 e. The van der Waals surface area contributed by atoms with E-state index in [1.807, 2.05) is 6.07 Å². The first-order chi connectivity index (χ1) is 12.6. The Morgan fingerprint density at radius 1 is 1.22 bits per heavy atom. The van der Waals surface area contributed by atoms with Gasteiger partial charge in [0.15, 0.2) is 0 Å². The van der Waals surface area contributed by atoms with Crippen LogP contribution >= 0.6 is 0 Å². The van der Waals surface area contributed by atoms with Crippen LogP contribution in [0.3, 0.4) is 0 Å². The summed E-state index contributed by atoms with van der Waals surface area (Å²) in [6.07, 6.45) is 0. The third-order valence-electron chi connectivity index (χ3n) is 4.47. The minimum absolute atomic E-state index is 0.186. The van der Waals surface area contributed by atoms with Crippen molar-refractivity contribution in [3.8, 4) is 11.8 Å². The maximum Gasteiger partial charge on any atom is 0.339 e. The summed E-state index contributed by atoms with van der Waals surface area (Å²) in [6, 6.07) is 7.07. The van der Waals surface area contributed by atoms with Crippen molar-refractivity contribution in [1.82, 2.24) is 10.2 Å². The summed E-state index contributed by atoms with van der Waals surface area (Å²) in [7, 11) is 1.47. The monoisotopic (exact) mass is 372 g/mol. The summed E-state index contributed by atoms with van der Waals surface area (Å²) in [5, 5.41) is 11.8. The molecule has 0 unspecified atom stereocenters. The van der Waals surface area contributed by atoms with Crippen LogP contribution in [0.2, 0.25) is 0 Å². The van der Waals surface area contributed by atoms with Gasteiger partial charge in [-0.2, -0.15) is 5.26 Å². The zero-order valence-electron chi connectivity index (χ0n) is 15.5. The maximum atomic E-state index is 12.5. The van der Waals surface area contributed by atoms with Crippen LogP contribution in [0.15, 0.2) is 24.3 Å². The van der Waals surface area contributed by atoms with Gasteiger partial charge in [-0.05, 0) is 37.1 Å². The first-order valence-electron chi connectivity index (χ1n) is 8.21. The number of urea groups is 1. The molecule has 0 spiro atoms. The van der Waals surface area contributed by atoms with Crippen molar-refractivity contribution in [1.29, 1.82) is 5.26 Å². The summed E-state index contributed by atoms with van der Waals surface area (Å²) < 4.78 is 5.01. The normalized spacial score (nSPS) is 16.4. The van der Waals surface area contributed by atoms with Gasteiger partial charge in [-0.25, -0.2) is 14.6 Å². The van der Waals surface area contributed by atoms with Gasteiger partial charge >= 0.3 is 17.8 Å². The third kappa shape index (κ3) is 3.74. The van der Waals surface area contributed by atoms with Gasteiger partial charge in [0.1, 0.15) is 17.8 Å². The average Bonchev–Trinajstić information content (AvgIpc) is 2.85. The highest BCUT2D eigenvalue weighted by Gasteiger charge is 2.46. The van der Waals surface area contributed by atoms with Gasteiger partial charge in [-0.15, -0.1) is 0 Å². The number of carbonyl (C=O) groups is 4. The Hall–Kier alpha value is -3.41. The summed E-state index contributed by atoms with van der Waals surface area (Å²) in [6.45, 7) is 4.40. The molecule has 1 aliphatic rings. The number of nitriles is 1. The van der Waals surface area contributed by atoms with Gasteiger partial charge in [-0.3, -0.25) is 14.4 Å². The molecule has 142 valence electrons. The van der Waals surface area contributed by atoms with E-state index in [0.717, 1.165) is 0 Å². The van der Waals surface area contributed by atoms with Crippen molar-refractivity contribution in [3.05, 3.63) is 24.3 Å². The fraction of sp³-hybridized carbons (Fsp3) is 0.389. The Morgan fingerprint density at radius 2 is 1.81 bits per heavy atom. The van der Waals surface area contributed by atoms with Crippen LogP contribution < -0.4 is 15.0 Å². The van der Waals surface area contributed by atoms with Crippen LogP contribution in [0.25, 0.3) is 0 Å². The van der Waals surface area contributed by atoms with Gasteiger partial charge in [-0.1, -0.05) is 13.8 Å². The summed E-state index contributed by atoms with van der Waals surface area (Å²) >= 11 is 0. The Bertz CT molecular complexity index is 827. The molecule has 0 radical (unpaired) electrons. The van der Waals surface area contributed by atoms with E-state index in [4.69, 9.17) is 4.74 Å². The van der Waals surface area contributed by atoms with Crippen molar-refractivity contribution in [2.45, 2.75) is 26.3 Å². The number of hydrogen-bond acceptors (Lipinski definition) is 6. The van der Waals surface area contributed by atoms with Gasteiger partial charge in [0, 0.05) is 0 Å². The van der Waals surface area contributed by atoms with Crippen molar-refractivity contribution >= 4 is 29.4 Å². The van der Waals surface area contributed by atoms with Gasteiger partial charge in [0.25, 0.3) is 0 Å². The third-order valence-corrected chi connectivity index (χ3v) is 4.47. The smallest absolute Gasteiger partial charge is 0.339 e. The molecule has 9 heteroatoms. The number of carbonyl (C=O) groups excluding carboxylic acids is 4. The minimum atomic E-state index is -1.16. The molecule has 1 atom stereocenters. The number of nitrogens with one attached hydrogen (secondary N) is 1. The number of nitrogens with zero attached hydrogens (tertiary/aromatic N) is 3. The van der Waals surface area contributed by atoms with Crippen molar-refractivity contribution in [2.24, 2.45) is 5.92 Å². The van der Waals surface area contributed by atoms with Gasteiger partial charge < -0.3 is 10.1 Å². The first kappa shape index (κ1) is 19.9. The molecule has 9 nitrogen and oxygen atoms in total. The highest BCUT2D eigenvalue weighted by Crippen LogP contribution is 2.24. The molecular weight excluding hydrogens is 352 g/mol. The average molecular weight is 372 g/mol. The predicted molar refractivity (Wildman–Crippen MR) is 94.6 cm³/mol. The molecule has 0 aliphatic carbocycles. The molecule has 0 saturated carbocycles. The first-order valence-corrected chi connectivity index (χ1v) is 8.21. The molecule has 2 rings (SSSR count). The SMILES string of the molecule is COc1ccc(N2C(=O)C(=O)N(CC(=O)N[C@@](C)(C#N)C(C)C)C2=O)cc1. The van der Waals surface area contributed by atoms with Crippen molar-refractivity contribution in [2.75, 3.05) is 18.6 Å². The Labute approximate surface area is 156 Å². The maximum absolute atomic E-state index is 12.5. The summed E-state index contributed by atoms with van der Waals surface area (Å²) in [4.78, 5) is 50.4. The van der Waals surface area contributed by atoms with Crippen LogP contribution in [0.1, 0.15) is 20.8 Å². The molecule has 1 saturated heterocycles. The number of hydrogen-bond donors (Lipinski definition) is 1. The number of benzene rings is 1. The van der Waals surface area contributed by atoms with E-state index < -0.39 is 35.8 Å². The lowest BCUT2D eigenvalue weighted by Gasteiger charge is -2.28. The fourth-order valence-corrected chi connectivity index (χ4v) is 2.38. The predicted octanol–water partition coefficient (Wildman–Crippen LogP) is 1.04. The Morgan fingerprint density at radius 3 is 2.30 bits per heavy atom. The Kier molecular flexibility index (Phi) is 5.49. The molecule has 1 aromatic rings. The van der Waals surface area contributed by atoms with E-state index in [9.17, 15) is 24.4 Å². The summed E-state index contributed by atoms with van der Waals surface area (Å²) in [5.41, 5.74) is -0.978. The molecule has 5 amide bonds. The lowest BCUT2D eigenvalue weighted by atomic mass is 9.90. The molecule has 1 aliphatic heterocycles. The van der Waals surface area contributed by atoms with Crippen LogP contribution in [-0.2, 0) is 14.4 Å². The number of amides is 5. The number of rotatable bonds is 6. The second kappa shape index (κ2) is 7.45. The number of imide groups is 2. The van der Waals surface area contributed by atoms with Crippen molar-refractivity contribution in [3.63, 3.8) is 0 Å². The summed E-state index contributed by atoms with van der Waals surface area (Å²) in [5.74, 6) is -2.54. The molecule has 1 fully saturated rings.